The number of nitrogens with zero attached hydrogens (tertiary/aromatic N) is 2. The van der Waals surface area contributed by atoms with Gasteiger partial charge in [-0.05, 0) is 43.5 Å². The molecule has 32 heavy (non-hydrogen) atoms. The molecule has 0 spiro atoms. The van der Waals surface area contributed by atoms with Crippen molar-refractivity contribution in [3.63, 3.8) is 0 Å². The molecule has 8 nitrogen and oxygen atoms in total. The Balaban J connectivity index is 1.88. The number of hydrogen-bond acceptors (Lipinski definition) is 8. The van der Waals surface area contributed by atoms with Gasteiger partial charge < -0.3 is 16.0 Å². The summed E-state index contributed by atoms with van der Waals surface area (Å²) in [5.74, 6) is -0.177. The van der Waals surface area contributed by atoms with Crippen LogP contribution in [0.3, 0.4) is 0 Å². The molecule has 0 aliphatic heterocycles. The number of carbonyl (C=O) groups is 1. The Hall–Kier alpha value is -2.11. The molecule has 0 atom stereocenters. The van der Waals surface area contributed by atoms with Gasteiger partial charge in [0, 0.05) is 5.69 Å². The Bertz CT molecular complexity index is 1250. The maximum Gasteiger partial charge on any atom is 0.239 e. The van der Waals surface area contributed by atoms with Crippen LogP contribution in [-0.4, -0.2) is 35.4 Å². The maximum absolute atomic E-state index is 12.6. The van der Waals surface area contributed by atoms with Crippen molar-refractivity contribution >= 4 is 90.7 Å². The average molecular weight is 535 g/mol. The van der Waals surface area contributed by atoms with Gasteiger partial charge in [0.2, 0.25) is 11.9 Å². The average Bonchev–Trinajstić information content (AvgIpc) is 3.21. The largest absolute Gasteiger partial charge is 0.337 e. The summed E-state index contributed by atoms with van der Waals surface area (Å²) < 4.78 is 25.4. The number of amides is 1. The lowest BCUT2D eigenvalue weighted by Gasteiger charge is -2.13. The zero-order chi connectivity index (χ0) is 23.5. The third-order valence-electron chi connectivity index (χ3n) is 4.12. The minimum Gasteiger partial charge on any atom is -0.337 e. The summed E-state index contributed by atoms with van der Waals surface area (Å²) in [6, 6.07) is 6.47. The molecule has 3 aromatic rings. The molecule has 2 heterocycles. The second-order valence-corrected chi connectivity index (χ2v) is 11.4. The van der Waals surface area contributed by atoms with Crippen molar-refractivity contribution in [2.75, 3.05) is 21.8 Å². The second kappa shape index (κ2) is 10.2. The first-order valence-corrected chi connectivity index (χ1v) is 12.9. The van der Waals surface area contributed by atoms with Crippen molar-refractivity contribution in [2.45, 2.75) is 23.3 Å². The number of nitrogens with one attached hydrogen (secondary N) is 3. The maximum atomic E-state index is 12.6. The minimum absolute atomic E-state index is 0.156. The van der Waals surface area contributed by atoms with Crippen molar-refractivity contribution in [3.05, 3.63) is 45.9 Å². The lowest BCUT2D eigenvalue weighted by molar-refractivity contribution is -0.113. The number of benzene rings is 1. The molecule has 1 aromatic carbocycles. The van der Waals surface area contributed by atoms with Crippen LogP contribution >= 0.6 is 46.1 Å². The van der Waals surface area contributed by atoms with Crippen LogP contribution in [0.5, 0.6) is 0 Å². The highest BCUT2D eigenvalue weighted by Gasteiger charge is 2.25. The number of sulfone groups is 1. The van der Waals surface area contributed by atoms with Gasteiger partial charge in [-0.25, -0.2) is 13.4 Å². The van der Waals surface area contributed by atoms with E-state index in [4.69, 9.17) is 34.8 Å². The summed E-state index contributed by atoms with van der Waals surface area (Å²) in [5, 5.41) is 10.2. The van der Waals surface area contributed by atoms with Crippen LogP contribution in [0.2, 0.25) is 10.0 Å². The summed E-state index contributed by atoms with van der Waals surface area (Å²) >= 11 is 19.1. The third-order valence-corrected chi connectivity index (χ3v) is 8.64. The van der Waals surface area contributed by atoms with Crippen LogP contribution in [-0.2, 0) is 14.6 Å². The van der Waals surface area contributed by atoms with Crippen molar-refractivity contribution < 1.29 is 13.2 Å². The number of carbonyl (C=O) groups excluding carboxylic acids is 1. The second-order valence-electron chi connectivity index (χ2n) is 6.73. The van der Waals surface area contributed by atoms with Crippen molar-refractivity contribution in [1.82, 2.24) is 9.97 Å². The lowest BCUT2D eigenvalue weighted by Crippen LogP contribution is -2.14. The molecular formula is C19H18Cl3N5O3S2. The Morgan fingerprint density at radius 3 is 2.56 bits per heavy atom. The van der Waals surface area contributed by atoms with Gasteiger partial charge in [-0.3, -0.25) is 4.79 Å². The van der Waals surface area contributed by atoms with E-state index in [1.807, 2.05) is 0 Å². The van der Waals surface area contributed by atoms with Crippen LogP contribution in [0.15, 0.2) is 40.1 Å². The zero-order valence-corrected chi connectivity index (χ0v) is 20.7. The first kappa shape index (κ1) is 24.5. The predicted molar refractivity (Wildman–Crippen MR) is 131 cm³/mol. The van der Waals surface area contributed by atoms with Gasteiger partial charge in [0.05, 0.1) is 27.8 Å². The molecule has 3 N–H and O–H groups in total. The number of hydrogen-bond donors (Lipinski definition) is 3. The summed E-state index contributed by atoms with van der Waals surface area (Å²) in [4.78, 5) is 20.0. The van der Waals surface area contributed by atoms with Gasteiger partial charge in [-0.15, -0.1) is 22.9 Å². The van der Waals surface area contributed by atoms with Crippen LogP contribution in [0, 0.1) is 0 Å². The molecule has 1 amide bonds. The molecule has 0 radical (unpaired) electrons. The lowest BCUT2D eigenvalue weighted by atomic mass is 10.2. The third kappa shape index (κ3) is 5.62. The summed E-state index contributed by atoms with van der Waals surface area (Å²) in [5.41, 5.74) is 1.29. The normalized spacial score (nSPS) is 11.4. The van der Waals surface area contributed by atoms with Gasteiger partial charge in [0.15, 0.2) is 15.7 Å². The van der Waals surface area contributed by atoms with Gasteiger partial charge >= 0.3 is 0 Å². The van der Waals surface area contributed by atoms with Gasteiger partial charge in [0.25, 0.3) is 0 Å². The van der Waals surface area contributed by atoms with E-state index >= 15 is 0 Å². The monoisotopic (exact) mass is 533 g/mol. The Kier molecular flexibility index (Phi) is 7.84. The first-order chi connectivity index (χ1) is 15.1. The Morgan fingerprint density at radius 1 is 1.12 bits per heavy atom. The van der Waals surface area contributed by atoms with E-state index in [-0.39, 0.29) is 32.8 Å². The topological polar surface area (TPSA) is 113 Å². The highest BCUT2D eigenvalue weighted by atomic mass is 35.5. The molecule has 170 valence electrons. The number of alkyl halides is 1. The smallest absolute Gasteiger partial charge is 0.239 e. The summed E-state index contributed by atoms with van der Waals surface area (Å²) in [7, 11) is -3.49. The van der Waals surface area contributed by atoms with E-state index in [0.717, 1.165) is 11.3 Å². The van der Waals surface area contributed by atoms with Crippen LogP contribution in [0.25, 0.3) is 0 Å². The van der Waals surface area contributed by atoms with Crippen molar-refractivity contribution in [1.29, 1.82) is 0 Å². The van der Waals surface area contributed by atoms with Crippen LogP contribution < -0.4 is 16.0 Å². The number of halogens is 3. The molecular weight excluding hydrogens is 517 g/mol. The van der Waals surface area contributed by atoms with E-state index in [1.54, 1.807) is 43.5 Å². The molecule has 0 unspecified atom stereocenters. The van der Waals surface area contributed by atoms with Crippen molar-refractivity contribution in [2.24, 2.45) is 0 Å². The molecule has 0 bridgehead atoms. The molecule has 2 aromatic heterocycles. The van der Waals surface area contributed by atoms with Gasteiger partial charge in [-0.1, -0.05) is 23.2 Å². The molecule has 0 aliphatic carbocycles. The Labute approximate surface area is 204 Å². The fourth-order valence-corrected chi connectivity index (χ4v) is 5.56. The van der Waals surface area contributed by atoms with E-state index in [1.165, 1.54) is 6.20 Å². The number of thiophene rings is 1. The summed E-state index contributed by atoms with van der Waals surface area (Å²) in [6.45, 7) is 3.23. The first-order valence-electron chi connectivity index (χ1n) is 9.15. The zero-order valence-electron chi connectivity index (χ0n) is 16.8. The minimum atomic E-state index is -3.49. The molecule has 0 saturated heterocycles. The molecule has 0 aliphatic rings. The van der Waals surface area contributed by atoms with E-state index < -0.39 is 15.1 Å². The van der Waals surface area contributed by atoms with Crippen molar-refractivity contribution in [3.8, 4) is 0 Å². The van der Waals surface area contributed by atoms with Crippen LogP contribution in [0.4, 0.5) is 28.8 Å². The molecule has 3 rings (SSSR count). The van der Waals surface area contributed by atoms with E-state index in [9.17, 15) is 13.2 Å². The summed E-state index contributed by atoms with van der Waals surface area (Å²) in [6.07, 6.45) is 1.37. The van der Waals surface area contributed by atoms with E-state index in [0.29, 0.717) is 22.1 Å². The fourth-order valence-electron chi connectivity index (χ4n) is 2.48. The SMILES string of the molecule is CC(C)S(=O)(=O)c1sccc1Nc1nc(Nc2cc(NC(=O)CCl)ccc2Cl)ncc1Cl. The molecule has 0 saturated carbocycles. The predicted octanol–water partition coefficient (Wildman–Crippen LogP) is 5.69. The molecule has 13 heteroatoms. The molecule has 0 fully saturated rings. The Morgan fingerprint density at radius 2 is 1.88 bits per heavy atom. The number of aromatic nitrogens is 2. The van der Waals surface area contributed by atoms with Gasteiger partial charge in [-0.2, -0.15) is 4.98 Å². The standard InChI is InChI=1S/C19H18Cl3N5O3S2/c1-10(2)32(29,30)18-14(5-6-31-18)25-17-13(22)9-23-19(27-17)26-15-7-11(3-4-12(15)21)24-16(28)8-20/h3-7,9-10H,8H2,1-2H3,(H,24,28)(H2,23,25,26,27). The fraction of sp³-hybridized carbons (Fsp3) is 0.211. The highest BCUT2D eigenvalue weighted by Crippen LogP contribution is 2.35. The highest BCUT2D eigenvalue weighted by molar-refractivity contribution is 7.94. The quantitative estimate of drug-likeness (QED) is 0.318. The van der Waals surface area contributed by atoms with E-state index in [2.05, 4.69) is 25.9 Å². The number of anilines is 5. The van der Waals surface area contributed by atoms with Crippen LogP contribution in [0.1, 0.15) is 13.8 Å². The number of rotatable bonds is 8. The van der Waals surface area contributed by atoms with Gasteiger partial charge in [0.1, 0.15) is 15.1 Å².